The maximum atomic E-state index is 12.9. The lowest BCUT2D eigenvalue weighted by Crippen LogP contribution is -2.30. The van der Waals surface area contributed by atoms with Crippen molar-refractivity contribution in [2.45, 2.75) is 245 Å². The molecule has 0 N–H and O–H groups in total. The molecule has 0 bridgehead atoms. The summed E-state index contributed by atoms with van der Waals surface area (Å²) in [5.41, 5.74) is 0. The zero-order valence-electron chi connectivity index (χ0n) is 46.8. The van der Waals surface area contributed by atoms with Crippen molar-refractivity contribution in [3.8, 4) is 0 Å². The maximum absolute atomic E-state index is 12.9. The van der Waals surface area contributed by atoms with Crippen molar-refractivity contribution in [1.29, 1.82) is 0 Å². The fourth-order valence-corrected chi connectivity index (χ4v) is 7.35. The van der Waals surface area contributed by atoms with Crippen LogP contribution in [0.1, 0.15) is 239 Å². The van der Waals surface area contributed by atoms with E-state index in [4.69, 9.17) is 14.2 Å². The third-order valence-electron chi connectivity index (χ3n) is 11.8. The van der Waals surface area contributed by atoms with Crippen LogP contribution in [0.25, 0.3) is 0 Å². The zero-order valence-corrected chi connectivity index (χ0v) is 46.8. The second-order valence-corrected chi connectivity index (χ2v) is 18.8. The first kappa shape index (κ1) is 68.3. The molecule has 0 unspecified atom stereocenters. The first-order valence-electron chi connectivity index (χ1n) is 29.3. The highest BCUT2D eigenvalue weighted by Gasteiger charge is 2.19. The smallest absolute Gasteiger partial charge is 0.306 e. The zero-order chi connectivity index (χ0) is 52.9. The predicted octanol–water partition coefficient (Wildman–Crippen LogP) is 20.0. The SMILES string of the molecule is CCCCC/C=C\C/C=C\C/C=C\C/C=C\C/C=C\CCC(=O)OC[C@H](COC(=O)CCCCCC/C=C\C/C=C\C/C=C\CCCCC)OC(=O)CCCCC/C=C\C/C=C\C/C=C\C/C=C\CCCCC. The summed E-state index contributed by atoms with van der Waals surface area (Å²) in [5.74, 6) is -1.07. The molecule has 0 radical (unpaired) electrons. The summed E-state index contributed by atoms with van der Waals surface area (Å²) in [6.45, 7) is 6.43. The minimum atomic E-state index is -0.842. The minimum Gasteiger partial charge on any atom is -0.462 e. The number of hydrogen-bond donors (Lipinski definition) is 0. The monoisotopic (exact) mass is 1010 g/mol. The van der Waals surface area contributed by atoms with E-state index in [1.165, 1.54) is 77.0 Å². The van der Waals surface area contributed by atoms with Crippen LogP contribution in [0.4, 0.5) is 0 Å². The van der Waals surface area contributed by atoms with Crippen LogP contribution < -0.4 is 0 Å². The van der Waals surface area contributed by atoms with E-state index in [0.717, 1.165) is 109 Å². The second-order valence-electron chi connectivity index (χ2n) is 18.8. The van der Waals surface area contributed by atoms with Gasteiger partial charge in [-0.15, -0.1) is 0 Å². The Labute approximate surface area is 448 Å². The van der Waals surface area contributed by atoms with Crippen molar-refractivity contribution in [1.82, 2.24) is 0 Å². The van der Waals surface area contributed by atoms with Gasteiger partial charge in [0.25, 0.3) is 0 Å². The van der Waals surface area contributed by atoms with Gasteiger partial charge in [-0.05, 0) is 141 Å². The Morgan fingerprint density at radius 1 is 0.274 bits per heavy atom. The summed E-state index contributed by atoms with van der Waals surface area (Å²) >= 11 is 0. The van der Waals surface area contributed by atoms with Gasteiger partial charge in [-0.25, -0.2) is 0 Å². The van der Waals surface area contributed by atoms with E-state index >= 15 is 0 Å². The number of ether oxygens (including phenoxy) is 3. The fourth-order valence-electron chi connectivity index (χ4n) is 7.35. The number of hydrogen-bond acceptors (Lipinski definition) is 6. The van der Waals surface area contributed by atoms with Crippen LogP contribution in [-0.4, -0.2) is 37.2 Å². The molecule has 1 atom stereocenters. The van der Waals surface area contributed by atoms with Crippen molar-refractivity contribution in [3.05, 3.63) is 146 Å². The van der Waals surface area contributed by atoms with Crippen LogP contribution in [0, 0.1) is 0 Å². The molecule has 0 aromatic carbocycles. The second kappa shape index (κ2) is 59.8. The first-order valence-corrected chi connectivity index (χ1v) is 29.3. The Bertz CT molecular complexity index is 1630. The first-order chi connectivity index (χ1) is 36.0. The lowest BCUT2D eigenvalue weighted by Gasteiger charge is -2.18. The summed E-state index contributed by atoms with van der Waals surface area (Å²) in [7, 11) is 0. The average molecular weight is 1010 g/mol. The Morgan fingerprint density at radius 3 is 0.849 bits per heavy atom. The van der Waals surface area contributed by atoms with Crippen molar-refractivity contribution < 1.29 is 28.6 Å². The summed E-state index contributed by atoms with van der Waals surface area (Å²) in [6.07, 6.45) is 85.5. The van der Waals surface area contributed by atoms with E-state index < -0.39 is 6.10 Å². The molecular formula is C67H106O6. The molecule has 0 aromatic rings. The van der Waals surface area contributed by atoms with Crippen molar-refractivity contribution in [2.24, 2.45) is 0 Å². The van der Waals surface area contributed by atoms with Crippen molar-refractivity contribution in [3.63, 3.8) is 0 Å². The molecule has 0 aromatic heterocycles. The van der Waals surface area contributed by atoms with Gasteiger partial charge < -0.3 is 14.2 Å². The van der Waals surface area contributed by atoms with Gasteiger partial charge in [-0.3, -0.25) is 14.4 Å². The molecule has 0 spiro atoms. The Balaban J connectivity index is 4.63. The standard InChI is InChI=1S/C67H106O6/c1-4-7-10-13-16-19-22-25-28-31-33-36-39-42-45-48-51-54-57-60-66(69)72-63-64(62-71-65(68)59-56-53-50-47-44-41-38-35-30-27-24-21-18-15-12-9-6-3)73-67(70)61-58-55-52-49-46-43-40-37-34-32-29-26-23-20-17-14-11-8-5-2/h16-21,25-30,33-34,36-38,41-43,45-46,51,54,64H,4-15,22-24,31-32,35,39-40,44,47-50,52-53,55-63H2,1-3H3/b19-16-,20-17-,21-18-,28-25-,29-26-,30-27-,36-33-,37-34-,41-38-,45-42-,46-43-,54-51-/t64-/m0/s1. The number of unbranched alkanes of at least 4 members (excludes halogenated alkanes) is 16. The molecule has 6 heteroatoms. The highest BCUT2D eigenvalue weighted by Crippen LogP contribution is 2.11. The largest absolute Gasteiger partial charge is 0.462 e. The van der Waals surface area contributed by atoms with Gasteiger partial charge in [0, 0.05) is 19.3 Å². The number of esters is 3. The van der Waals surface area contributed by atoms with Gasteiger partial charge >= 0.3 is 17.9 Å². The van der Waals surface area contributed by atoms with E-state index in [0.29, 0.717) is 19.3 Å². The van der Waals surface area contributed by atoms with Crippen LogP contribution in [-0.2, 0) is 28.6 Å². The average Bonchev–Trinajstić information content (AvgIpc) is 3.39. The predicted molar refractivity (Wildman–Crippen MR) is 315 cm³/mol. The Kier molecular flexibility index (Phi) is 56.0. The third kappa shape index (κ3) is 58.1. The molecule has 410 valence electrons. The lowest BCUT2D eigenvalue weighted by atomic mass is 10.1. The van der Waals surface area contributed by atoms with E-state index in [1.807, 2.05) is 12.2 Å². The van der Waals surface area contributed by atoms with Gasteiger partial charge in [0.1, 0.15) is 13.2 Å². The molecule has 0 amide bonds. The van der Waals surface area contributed by atoms with Gasteiger partial charge in [0.15, 0.2) is 6.10 Å². The number of carbonyl (C=O) groups is 3. The van der Waals surface area contributed by atoms with Gasteiger partial charge in [-0.2, -0.15) is 0 Å². The highest BCUT2D eigenvalue weighted by atomic mass is 16.6. The number of carbonyl (C=O) groups excluding carboxylic acids is 3. The number of allylic oxidation sites excluding steroid dienone is 24. The molecule has 0 heterocycles. The van der Waals surface area contributed by atoms with Gasteiger partial charge in [-0.1, -0.05) is 224 Å². The molecule has 0 saturated carbocycles. The van der Waals surface area contributed by atoms with E-state index in [9.17, 15) is 14.4 Å². The van der Waals surface area contributed by atoms with Crippen LogP contribution in [0.2, 0.25) is 0 Å². The van der Waals surface area contributed by atoms with Crippen LogP contribution in [0.5, 0.6) is 0 Å². The molecule has 0 aliphatic heterocycles. The highest BCUT2D eigenvalue weighted by molar-refractivity contribution is 5.71. The van der Waals surface area contributed by atoms with E-state index in [2.05, 4.69) is 154 Å². The van der Waals surface area contributed by atoms with E-state index in [-0.39, 0.29) is 44.0 Å². The van der Waals surface area contributed by atoms with Crippen LogP contribution in [0.3, 0.4) is 0 Å². The normalized spacial score (nSPS) is 13.2. The molecule has 6 nitrogen and oxygen atoms in total. The Hall–Kier alpha value is -4.71. The van der Waals surface area contributed by atoms with Crippen LogP contribution >= 0.6 is 0 Å². The minimum absolute atomic E-state index is 0.132. The summed E-state index contributed by atoms with van der Waals surface area (Å²) in [5, 5.41) is 0. The summed E-state index contributed by atoms with van der Waals surface area (Å²) < 4.78 is 16.8. The summed E-state index contributed by atoms with van der Waals surface area (Å²) in [6, 6.07) is 0. The van der Waals surface area contributed by atoms with Gasteiger partial charge in [0.2, 0.25) is 0 Å². The van der Waals surface area contributed by atoms with E-state index in [1.54, 1.807) is 0 Å². The molecular weight excluding hydrogens is 901 g/mol. The molecule has 73 heavy (non-hydrogen) atoms. The molecule has 0 aliphatic carbocycles. The van der Waals surface area contributed by atoms with Crippen molar-refractivity contribution in [2.75, 3.05) is 13.2 Å². The fraction of sp³-hybridized carbons (Fsp3) is 0.597. The quantitative estimate of drug-likeness (QED) is 0.0261. The summed E-state index contributed by atoms with van der Waals surface area (Å²) in [4.78, 5) is 38.2. The lowest BCUT2D eigenvalue weighted by molar-refractivity contribution is -0.166. The molecule has 0 rings (SSSR count). The van der Waals surface area contributed by atoms with Crippen LogP contribution in [0.15, 0.2) is 146 Å². The Morgan fingerprint density at radius 2 is 0.521 bits per heavy atom. The number of rotatable bonds is 51. The van der Waals surface area contributed by atoms with Gasteiger partial charge in [0.05, 0.1) is 0 Å². The molecule has 0 fully saturated rings. The maximum Gasteiger partial charge on any atom is 0.306 e. The molecule has 0 saturated heterocycles. The van der Waals surface area contributed by atoms with Crippen molar-refractivity contribution >= 4 is 17.9 Å². The molecule has 0 aliphatic rings. The topological polar surface area (TPSA) is 78.9 Å². The third-order valence-corrected chi connectivity index (χ3v) is 11.8.